The lowest BCUT2D eigenvalue weighted by atomic mass is 10.1. The van der Waals surface area contributed by atoms with E-state index in [1.165, 1.54) is 23.1 Å². The van der Waals surface area contributed by atoms with Crippen molar-refractivity contribution in [3.05, 3.63) is 71.4 Å². The van der Waals surface area contributed by atoms with Gasteiger partial charge in [0, 0.05) is 44.4 Å². The first-order chi connectivity index (χ1) is 13.9. The molecule has 0 saturated carbocycles. The molecule has 1 aliphatic rings. The number of aromatic amines is 1. The number of halogens is 3. The van der Waals surface area contributed by atoms with Crippen LogP contribution in [0.4, 0.5) is 13.2 Å². The van der Waals surface area contributed by atoms with E-state index in [0.29, 0.717) is 18.7 Å². The molecule has 0 spiro atoms. The highest BCUT2D eigenvalue weighted by molar-refractivity contribution is 5.80. The largest absolute Gasteiger partial charge is 0.416 e. The Bertz CT molecular complexity index is 986. The summed E-state index contributed by atoms with van der Waals surface area (Å²) in [5.41, 5.74) is 2.26. The van der Waals surface area contributed by atoms with Gasteiger partial charge in [0.15, 0.2) is 0 Å². The summed E-state index contributed by atoms with van der Waals surface area (Å²) in [5.74, 6) is -0.0434. The Labute approximate surface area is 166 Å². The van der Waals surface area contributed by atoms with Crippen LogP contribution in [0.25, 0.3) is 10.9 Å². The lowest BCUT2D eigenvalue weighted by Crippen LogP contribution is -2.48. The van der Waals surface area contributed by atoms with E-state index in [4.69, 9.17) is 0 Å². The van der Waals surface area contributed by atoms with E-state index in [1.807, 2.05) is 6.20 Å². The number of amides is 1. The standard InChI is InChI=1S/C22H22F3N3O/c23-22(24,25)19-4-1-16(2-5-19)14-21(29)28-11-9-27(10-12-28)15-17-3-6-20-18(13-17)7-8-26-20/h1-8,13,26H,9-12,14-15H2. The summed E-state index contributed by atoms with van der Waals surface area (Å²) < 4.78 is 37.9. The predicted octanol–water partition coefficient (Wildman–Crippen LogP) is 4.07. The molecule has 0 aliphatic carbocycles. The van der Waals surface area contributed by atoms with Crippen molar-refractivity contribution in [1.82, 2.24) is 14.8 Å². The number of fused-ring (bicyclic) bond motifs is 1. The summed E-state index contributed by atoms with van der Waals surface area (Å²) in [4.78, 5) is 19.8. The van der Waals surface area contributed by atoms with Gasteiger partial charge in [0.2, 0.25) is 5.91 Å². The predicted molar refractivity (Wildman–Crippen MR) is 105 cm³/mol. The molecule has 1 amide bonds. The molecule has 4 nitrogen and oxygen atoms in total. The van der Waals surface area contributed by atoms with Crippen molar-refractivity contribution in [1.29, 1.82) is 0 Å². The lowest BCUT2D eigenvalue weighted by Gasteiger charge is -2.35. The van der Waals surface area contributed by atoms with Gasteiger partial charge in [-0.25, -0.2) is 0 Å². The van der Waals surface area contributed by atoms with Crippen molar-refractivity contribution < 1.29 is 18.0 Å². The van der Waals surface area contributed by atoms with Gasteiger partial charge in [-0.15, -0.1) is 0 Å². The normalized spacial score (nSPS) is 15.8. The van der Waals surface area contributed by atoms with Gasteiger partial charge < -0.3 is 9.88 Å². The van der Waals surface area contributed by atoms with Crippen LogP contribution in [0.1, 0.15) is 16.7 Å². The minimum atomic E-state index is -4.36. The van der Waals surface area contributed by atoms with E-state index >= 15 is 0 Å². The summed E-state index contributed by atoms with van der Waals surface area (Å²) in [6.45, 7) is 3.66. The zero-order valence-corrected chi connectivity index (χ0v) is 15.9. The molecule has 0 radical (unpaired) electrons. The molecular weight excluding hydrogens is 379 g/mol. The summed E-state index contributed by atoms with van der Waals surface area (Å²) in [7, 11) is 0. The number of nitrogens with one attached hydrogen (secondary N) is 1. The Hall–Kier alpha value is -2.80. The van der Waals surface area contributed by atoms with Crippen LogP contribution in [0, 0.1) is 0 Å². The first-order valence-electron chi connectivity index (χ1n) is 9.61. The van der Waals surface area contributed by atoms with Gasteiger partial charge in [0.05, 0.1) is 12.0 Å². The molecule has 1 fully saturated rings. The number of aromatic nitrogens is 1. The molecule has 1 saturated heterocycles. The zero-order valence-electron chi connectivity index (χ0n) is 15.9. The van der Waals surface area contributed by atoms with Crippen LogP contribution in [0.15, 0.2) is 54.7 Å². The Morgan fingerprint density at radius 1 is 0.931 bits per heavy atom. The minimum Gasteiger partial charge on any atom is -0.361 e. The molecule has 0 atom stereocenters. The minimum absolute atomic E-state index is 0.0434. The van der Waals surface area contributed by atoms with Crippen molar-refractivity contribution >= 4 is 16.8 Å². The molecule has 7 heteroatoms. The molecule has 3 aromatic rings. The maximum Gasteiger partial charge on any atom is 0.416 e. The molecular formula is C22H22F3N3O. The third kappa shape index (κ3) is 4.62. The van der Waals surface area contributed by atoms with Gasteiger partial charge in [-0.1, -0.05) is 18.2 Å². The average molecular weight is 401 g/mol. The Morgan fingerprint density at radius 2 is 1.62 bits per heavy atom. The lowest BCUT2D eigenvalue weighted by molar-refractivity contribution is -0.137. The quantitative estimate of drug-likeness (QED) is 0.716. The molecule has 2 aromatic carbocycles. The molecule has 2 heterocycles. The van der Waals surface area contributed by atoms with Crippen molar-refractivity contribution in [3.8, 4) is 0 Å². The first kappa shape index (κ1) is 19.5. The van der Waals surface area contributed by atoms with Gasteiger partial charge in [0.25, 0.3) is 0 Å². The van der Waals surface area contributed by atoms with Crippen molar-refractivity contribution in [2.75, 3.05) is 26.2 Å². The van der Waals surface area contributed by atoms with Gasteiger partial charge in [-0.3, -0.25) is 9.69 Å². The van der Waals surface area contributed by atoms with Gasteiger partial charge in [-0.2, -0.15) is 13.2 Å². The van der Waals surface area contributed by atoms with E-state index in [0.717, 1.165) is 37.3 Å². The van der Waals surface area contributed by atoms with Crippen LogP contribution in [0.3, 0.4) is 0 Å². The van der Waals surface area contributed by atoms with E-state index in [-0.39, 0.29) is 12.3 Å². The molecule has 1 N–H and O–H groups in total. The summed E-state index contributed by atoms with van der Waals surface area (Å²) >= 11 is 0. The number of H-pyrrole nitrogens is 1. The van der Waals surface area contributed by atoms with E-state index < -0.39 is 11.7 Å². The van der Waals surface area contributed by atoms with Crippen LogP contribution in [-0.2, 0) is 23.9 Å². The average Bonchev–Trinajstić information content (AvgIpc) is 3.16. The van der Waals surface area contributed by atoms with Crippen LogP contribution in [-0.4, -0.2) is 46.9 Å². The van der Waals surface area contributed by atoms with Crippen molar-refractivity contribution in [2.24, 2.45) is 0 Å². The molecule has 29 heavy (non-hydrogen) atoms. The fourth-order valence-corrected chi connectivity index (χ4v) is 3.71. The first-order valence-corrected chi connectivity index (χ1v) is 9.61. The summed E-state index contributed by atoms with van der Waals surface area (Å²) in [6, 6.07) is 13.2. The second-order valence-corrected chi connectivity index (χ2v) is 7.43. The fourth-order valence-electron chi connectivity index (χ4n) is 3.71. The van der Waals surface area contributed by atoms with Crippen LogP contribution in [0.5, 0.6) is 0 Å². The highest BCUT2D eigenvalue weighted by Gasteiger charge is 2.30. The number of rotatable bonds is 4. The highest BCUT2D eigenvalue weighted by Crippen LogP contribution is 2.29. The third-order valence-corrected chi connectivity index (χ3v) is 5.39. The number of carbonyl (C=O) groups excluding carboxylic acids is 1. The number of alkyl halides is 3. The number of carbonyl (C=O) groups is 1. The topological polar surface area (TPSA) is 39.3 Å². The molecule has 1 aliphatic heterocycles. The number of nitrogens with zero attached hydrogens (tertiary/aromatic N) is 2. The molecule has 1 aromatic heterocycles. The maximum atomic E-state index is 12.6. The summed E-state index contributed by atoms with van der Waals surface area (Å²) in [5, 5.41) is 1.19. The third-order valence-electron chi connectivity index (χ3n) is 5.39. The fraction of sp³-hybridized carbons (Fsp3) is 0.318. The van der Waals surface area contributed by atoms with E-state index in [1.54, 1.807) is 4.90 Å². The number of piperazine rings is 1. The number of hydrogen-bond donors (Lipinski definition) is 1. The maximum absolute atomic E-state index is 12.6. The van der Waals surface area contributed by atoms with Crippen LogP contribution in [0.2, 0.25) is 0 Å². The summed E-state index contributed by atoms with van der Waals surface area (Å²) in [6.07, 6.45) is -2.30. The SMILES string of the molecule is O=C(Cc1ccc(C(F)(F)F)cc1)N1CCN(Cc2ccc3[nH]ccc3c2)CC1. The second kappa shape index (κ2) is 7.91. The van der Waals surface area contributed by atoms with Gasteiger partial charge in [-0.05, 0) is 46.8 Å². The second-order valence-electron chi connectivity index (χ2n) is 7.43. The highest BCUT2D eigenvalue weighted by atomic mass is 19.4. The van der Waals surface area contributed by atoms with Crippen molar-refractivity contribution in [3.63, 3.8) is 0 Å². The van der Waals surface area contributed by atoms with Gasteiger partial charge >= 0.3 is 6.18 Å². The number of hydrogen-bond acceptors (Lipinski definition) is 2. The zero-order chi connectivity index (χ0) is 20.4. The van der Waals surface area contributed by atoms with E-state index in [9.17, 15) is 18.0 Å². The Morgan fingerprint density at radius 3 is 2.31 bits per heavy atom. The van der Waals surface area contributed by atoms with Gasteiger partial charge in [0.1, 0.15) is 0 Å². The molecule has 0 bridgehead atoms. The van der Waals surface area contributed by atoms with Crippen LogP contribution < -0.4 is 0 Å². The Kier molecular flexibility index (Phi) is 5.32. The monoisotopic (exact) mass is 401 g/mol. The number of benzene rings is 2. The van der Waals surface area contributed by atoms with Crippen molar-refractivity contribution in [2.45, 2.75) is 19.1 Å². The molecule has 4 rings (SSSR count). The Balaban J connectivity index is 1.29. The van der Waals surface area contributed by atoms with E-state index in [2.05, 4.69) is 34.1 Å². The molecule has 0 unspecified atom stereocenters. The van der Waals surface area contributed by atoms with Crippen LogP contribution >= 0.6 is 0 Å². The molecule has 152 valence electrons. The smallest absolute Gasteiger partial charge is 0.361 e.